The lowest BCUT2D eigenvalue weighted by atomic mass is 10.2. The zero-order chi connectivity index (χ0) is 19.0. The van der Waals surface area contributed by atoms with Gasteiger partial charge in [0.1, 0.15) is 23.4 Å². The van der Waals surface area contributed by atoms with E-state index in [1.165, 1.54) is 12.5 Å². The Labute approximate surface area is 157 Å². The number of alkyl halides is 2. The summed E-state index contributed by atoms with van der Waals surface area (Å²) in [5.41, 5.74) is 1.47. The maximum Gasteiger partial charge on any atom is 0.287 e. The highest BCUT2D eigenvalue weighted by Gasteiger charge is 2.23. The van der Waals surface area contributed by atoms with E-state index in [2.05, 4.69) is 25.0 Å². The molecule has 0 bridgehead atoms. The van der Waals surface area contributed by atoms with Crippen LogP contribution in [0, 0.1) is 0 Å². The van der Waals surface area contributed by atoms with Crippen LogP contribution in [0.4, 0.5) is 20.3 Å². The van der Waals surface area contributed by atoms with E-state index in [9.17, 15) is 13.6 Å². The van der Waals surface area contributed by atoms with Gasteiger partial charge in [-0.05, 0) is 6.07 Å². The minimum absolute atomic E-state index is 0.0899. The molecule has 4 heterocycles. The molecule has 8 nitrogen and oxygen atoms in total. The predicted octanol–water partition coefficient (Wildman–Crippen LogP) is 1.76. The highest BCUT2D eigenvalue weighted by atomic mass is 35.5. The van der Waals surface area contributed by atoms with Crippen molar-refractivity contribution in [2.24, 2.45) is 0 Å². The summed E-state index contributed by atoms with van der Waals surface area (Å²) in [6, 6.07) is 1.89. The van der Waals surface area contributed by atoms with Crippen LogP contribution in [0.1, 0.15) is 0 Å². The number of aromatic amines is 1. The summed E-state index contributed by atoms with van der Waals surface area (Å²) < 4.78 is 25.7. The molecular weight excluding hydrogens is 380 g/mol. The minimum Gasteiger partial charge on any atom is -0.365 e. The summed E-state index contributed by atoms with van der Waals surface area (Å²) in [5.74, 6) is 0.821. The number of hydrogen-bond donors (Lipinski definition) is 1. The third kappa shape index (κ3) is 3.32. The standard InChI is InChI=1S/C16H16ClF2N7O/c17-13-11(7-23-26(16(13)27)8-12(18)19)24-3-5-25(6-4-24)15-14-10(1-2-20-14)21-9-22-15/h1-2,7,9,12,20H,3-6,8H2. The van der Waals surface area contributed by atoms with E-state index < -0.39 is 18.5 Å². The second-order valence-electron chi connectivity index (χ2n) is 6.13. The van der Waals surface area contributed by atoms with E-state index in [-0.39, 0.29) is 5.02 Å². The fourth-order valence-corrected chi connectivity index (χ4v) is 3.46. The zero-order valence-corrected chi connectivity index (χ0v) is 14.9. The van der Waals surface area contributed by atoms with Gasteiger partial charge in [0.15, 0.2) is 5.82 Å². The van der Waals surface area contributed by atoms with Crippen molar-refractivity contribution < 1.29 is 8.78 Å². The van der Waals surface area contributed by atoms with Crippen molar-refractivity contribution in [3.05, 3.63) is 40.2 Å². The Hall–Kier alpha value is -2.75. The molecule has 0 aliphatic carbocycles. The number of fused-ring (bicyclic) bond motifs is 1. The van der Waals surface area contributed by atoms with Crippen molar-refractivity contribution in [1.29, 1.82) is 0 Å². The number of anilines is 2. The van der Waals surface area contributed by atoms with Crippen molar-refractivity contribution >= 4 is 34.1 Å². The molecule has 27 heavy (non-hydrogen) atoms. The number of nitrogens with zero attached hydrogens (tertiary/aromatic N) is 6. The molecule has 3 aromatic heterocycles. The van der Waals surface area contributed by atoms with E-state index in [1.807, 2.05) is 17.2 Å². The van der Waals surface area contributed by atoms with Gasteiger partial charge >= 0.3 is 0 Å². The van der Waals surface area contributed by atoms with E-state index in [4.69, 9.17) is 11.6 Å². The number of nitrogens with one attached hydrogen (secondary N) is 1. The summed E-state index contributed by atoms with van der Waals surface area (Å²) >= 11 is 6.13. The first kappa shape index (κ1) is 17.7. The Bertz CT molecular complexity index is 1010. The molecule has 0 radical (unpaired) electrons. The number of halogens is 3. The molecule has 1 aliphatic rings. The Balaban J connectivity index is 1.52. The first-order chi connectivity index (χ1) is 13.0. The van der Waals surface area contributed by atoms with Crippen LogP contribution in [-0.2, 0) is 6.54 Å². The summed E-state index contributed by atoms with van der Waals surface area (Å²) in [6.45, 7) is 1.72. The number of H-pyrrole nitrogens is 1. The summed E-state index contributed by atoms with van der Waals surface area (Å²) in [6.07, 6.45) is 2.05. The Kier molecular flexibility index (Phi) is 4.65. The van der Waals surface area contributed by atoms with Crippen LogP contribution in [0.5, 0.6) is 0 Å². The number of aromatic nitrogens is 5. The largest absolute Gasteiger partial charge is 0.365 e. The van der Waals surface area contributed by atoms with Crippen LogP contribution in [0.25, 0.3) is 11.0 Å². The van der Waals surface area contributed by atoms with Crippen molar-refractivity contribution in [2.45, 2.75) is 13.0 Å². The lowest BCUT2D eigenvalue weighted by Crippen LogP contribution is -2.47. The summed E-state index contributed by atoms with van der Waals surface area (Å²) in [5, 5.41) is 3.73. The van der Waals surface area contributed by atoms with Crippen LogP contribution in [0.2, 0.25) is 5.02 Å². The smallest absolute Gasteiger partial charge is 0.287 e. The highest BCUT2D eigenvalue weighted by Crippen LogP contribution is 2.26. The van der Waals surface area contributed by atoms with Gasteiger partial charge in [-0.25, -0.2) is 23.4 Å². The van der Waals surface area contributed by atoms with Gasteiger partial charge in [-0.15, -0.1) is 0 Å². The van der Waals surface area contributed by atoms with Crippen LogP contribution >= 0.6 is 11.6 Å². The number of hydrogen-bond acceptors (Lipinski definition) is 6. The maximum atomic E-state index is 12.5. The SMILES string of the molecule is O=c1c(Cl)c(N2CCN(c3ncnc4cc[nH]c34)CC2)cnn1CC(F)F. The lowest BCUT2D eigenvalue weighted by Gasteiger charge is -2.36. The maximum absolute atomic E-state index is 12.5. The molecule has 1 fully saturated rings. The molecule has 11 heteroatoms. The molecule has 1 N–H and O–H groups in total. The normalized spacial score (nSPS) is 15.1. The van der Waals surface area contributed by atoms with Gasteiger partial charge in [0, 0.05) is 32.4 Å². The fourth-order valence-electron chi connectivity index (χ4n) is 3.19. The van der Waals surface area contributed by atoms with Crippen LogP contribution in [-0.4, -0.2) is 57.3 Å². The number of rotatable bonds is 4. The Morgan fingerprint density at radius 3 is 2.67 bits per heavy atom. The van der Waals surface area contributed by atoms with Crippen LogP contribution in [0.3, 0.4) is 0 Å². The minimum atomic E-state index is -2.67. The molecular formula is C16H16ClF2N7O. The molecule has 1 aliphatic heterocycles. The average molecular weight is 396 g/mol. The van der Waals surface area contributed by atoms with Gasteiger partial charge in [0.2, 0.25) is 0 Å². The van der Waals surface area contributed by atoms with Gasteiger partial charge in [0.05, 0.1) is 17.4 Å². The highest BCUT2D eigenvalue weighted by molar-refractivity contribution is 6.33. The quantitative estimate of drug-likeness (QED) is 0.724. The summed E-state index contributed by atoms with van der Waals surface area (Å²) in [7, 11) is 0. The molecule has 1 saturated heterocycles. The number of piperazine rings is 1. The molecule has 4 rings (SSSR count). The third-order valence-corrected chi connectivity index (χ3v) is 4.88. The van der Waals surface area contributed by atoms with E-state index in [1.54, 1.807) is 0 Å². The second-order valence-corrected chi connectivity index (χ2v) is 6.51. The third-order valence-electron chi connectivity index (χ3n) is 4.52. The van der Waals surface area contributed by atoms with Gasteiger partial charge < -0.3 is 14.8 Å². The molecule has 0 spiro atoms. The Morgan fingerprint density at radius 2 is 1.93 bits per heavy atom. The lowest BCUT2D eigenvalue weighted by molar-refractivity contribution is 0.119. The first-order valence-corrected chi connectivity index (χ1v) is 8.74. The van der Waals surface area contributed by atoms with E-state index in [0.717, 1.165) is 16.9 Å². The molecule has 0 saturated carbocycles. The zero-order valence-electron chi connectivity index (χ0n) is 14.1. The van der Waals surface area contributed by atoms with Crippen molar-refractivity contribution in [2.75, 3.05) is 36.0 Å². The van der Waals surface area contributed by atoms with E-state index >= 15 is 0 Å². The van der Waals surface area contributed by atoms with Crippen molar-refractivity contribution in [3.63, 3.8) is 0 Å². The molecule has 0 amide bonds. The molecule has 3 aromatic rings. The molecule has 0 atom stereocenters. The van der Waals surface area contributed by atoms with Crippen LogP contribution < -0.4 is 15.4 Å². The van der Waals surface area contributed by atoms with Gasteiger partial charge in [-0.1, -0.05) is 11.6 Å². The summed E-state index contributed by atoms with van der Waals surface area (Å²) in [4.78, 5) is 27.9. The molecule has 0 aromatic carbocycles. The molecule has 142 valence electrons. The predicted molar refractivity (Wildman–Crippen MR) is 97.8 cm³/mol. The van der Waals surface area contributed by atoms with Gasteiger partial charge in [-0.2, -0.15) is 5.10 Å². The monoisotopic (exact) mass is 395 g/mol. The topological polar surface area (TPSA) is 82.9 Å². The van der Waals surface area contributed by atoms with Crippen molar-refractivity contribution in [1.82, 2.24) is 24.7 Å². The van der Waals surface area contributed by atoms with Gasteiger partial charge in [-0.3, -0.25) is 4.79 Å². The Morgan fingerprint density at radius 1 is 1.19 bits per heavy atom. The van der Waals surface area contributed by atoms with Crippen LogP contribution in [0.15, 0.2) is 29.6 Å². The van der Waals surface area contributed by atoms with Gasteiger partial charge in [0.25, 0.3) is 12.0 Å². The average Bonchev–Trinajstić information content (AvgIpc) is 3.14. The fraction of sp³-hybridized carbons (Fsp3) is 0.375. The van der Waals surface area contributed by atoms with E-state index in [0.29, 0.717) is 36.5 Å². The molecule has 0 unspecified atom stereocenters. The van der Waals surface area contributed by atoms with Crippen molar-refractivity contribution in [3.8, 4) is 0 Å². The second kappa shape index (κ2) is 7.10. The first-order valence-electron chi connectivity index (χ1n) is 8.36.